The SMILES string of the molecule is CC(C)(C)OC(=O)C(Br)(Br)C(=O)[C@H](Cc1ccccc1)NC(=O)OCc1ccccc1. The van der Waals surface area contributed by atoms with E-state index in [2.05, 4.69) is 37.2 Å². The Morgan fingerprint density at radius 1 is 0.903 bits per heavy atom. The number of hydrogen-bond acceptors (Lipinski definition) is 5. The van der Waals surface area contributed by atoms with Crippen molar-refractivity contribution in [1.82, 2.24) is 5.32 Å². The summed E-state index contributed by atoms with van der Waals surface area (Å²) in [6, 6.07) is 17.3. The van der Waals surface area contributed by atoms with Gasteiger partial charge in [0, 0.05) is 0 Å². The van der Waals surface area contributed by atoms with Crippen LogP contribution in [0.15, 0.2) is 60.7 Å². The number of benzene rings is 2. The Morgan fingerprint density at radius 2 is 1.42 bits per heavy atom. The predicted molar refractivity (Wildman–Crippen MR) is 125 cm³/mol. The highest BCUT2D eigenvalue weighted by Crippen LogP contribution is 2.33. The summed E-state index contributed by atoms with van der Waals surface area (Å²) in [5.74, 6) is -1.41. The van der Waals surface area contributed by atoms with Gasteiger partial charge in [-0.1, -0.05) is 92.5 Å². The second-order valence-electron chi connectivity index (χ2n) is 7.89. The van der Waals surface area contributed by atoms with Crippen LogP contribution in [0, 0.1) is 0 Å². The molecule has 6 nitrogen and oxygen atoms in total. The van der Waals surface area contributed by atoms with Crippen LogP contribution < -0.4 is 5.32 Å². The number of alkyl halides is 2. The van der Waals surface area contributed by atoms with Crippen molar-refractivity contribution in [2.75, 3.05) is 0 Å². The lowest BCUT2D eigenvalue weighted by Gasteiger charge is -2.28. The van der Waals surface area contributed by atoms with Gasteiger partial charge in [-0.15, -0.1) is 0 Å². The number of esters is 1. The van der Waals surface area contributed by atoms with Crippen LogP contribution in [0.3, 0.4) is 0 Å². The van der Waals surface area contributed by atoms with E-state index >= 15 is 0 Å². The Balaban J connectivity index is 2.16. The maximum Gasteiger partial charge on any atom is 0.408 e. The van der Waals surface area contributed by atoms with Gasteiger partial charge >= 0.3 is 12.1 Å². The minimum absolute atomic E-state index is 0.0543. The smallest absolute Gasteiger partial charge is 0.408 e. The van der Waals surface area contributed by atoms with Crippen molar-refractivity contribution in [3.8, 4) is 0 Å². The molecule has 0 aliphatic heterocycles. The molecule has 1 amide bonds. The van der Waals surface area contributed by atoms with Gasteiger partial charge in [-0.05, 0) is 38.3 Å². The molecule has 0 saturated carbocycles. The number of ether oxygens (including phenoxy) is 2. The van der Waals surface area contributed by atoms with Crippen LogP contribution >= 0.6 is 31.9 Å². The monoisotopic (exact) mass is 553 g/mol. The summed E-state index contributed by atoms with van der Waals surface area (Å²) in [6.45, 7) is 5.16. The molecule has 1 atom stereocenters. The third kappa shape index (κ3) is 8.10. The minimum Gasteiger partial charge on any atom is -0.458 e. The number of Topliss-reactive ketones (excluding diaryl/α,β-unsaturated/α-hetero) is 1. The molecule has 0 unspecified atom stereocenters. The van der Waals surface area contributed by atoms with E-state index in [0.717, 1.165) is 11.1 Å². The fourth-order valence-electron chi connectivity index (χ4n) is 2.63. The van der Waals surface area contributed by atoms with Crippen LogP contribution in [0.2, 0.25) is 0 Å². The molecule has 0 heterocycles. The van der Waals surface area contributed by atoms with E-state index in [0.29, 0.717) is 0 Å². The van der Waals surface area contributed by atoms with Gasteiger partial charge in [0.2, 0.25) is 3.23 Å². The Kier molecular flexibility index (Phi) is 8.82. The summed E-state index contributed by atoms with van der Waals surface area (Å²) in [4.78, 5) is 38.3. The molecule has 0 saturated heterocycles. The summed E-state index contributed by atoms with van der Waals surface area (Å²) < 4.78 is 8.77. The van der Waals surface area contributed by atoms with Gasteiger partial charge in [-0.3, -0.25) is 4.79 Å². The van der Waals surface area contributed by atoms with Crippen molar-refractivity contribution in [1.29, 1.82) is 0 Å². The van der Waals surface area contributed by atoms with Crippen molar-refractivity contribution in [2.24, 2.45) is 0 Å². The molecule has 2 rings (SSSR count). The number of hydrogen-bond donors (Lipinski definition) is 1. The number of ketones is 1. The zero-order valence-electron chi connectivity index (χ0n) is 17.6. The highest BCUT2D eigenvalue weighted by atomic mass is 79.9. The molecule has 0 aromatic heterocycles. The van der Waals surface area contributed by atoms with Crippen molar-refractivity contribution >= 4 is 49.7 Å². The number of carbonyl (C=O) groups excluding carboxylic acids is 3. The molecular formula is C23H25Br2NO5. The van der Waals surface area contributed by atoms with Crippen molar-refractivity contribution in [2.45, 2.75) is 48.7 Å². The molecule has 0 aliphatic rings. The summed E-state index contributed by atoms with van der Waals surface area (Å²) in [5.41, 5.74) is 0.832. The number of halogens is 2. The van der Waals surface area contributed by atoms with Gasteiger partial charge in [-0.2, -0.15) is 0 Å². The van der Waals surface area contributed by atoms with Gasteiger partial charge in [0.1, 0.15) is 12.2 Å². The number of amides is 1. The molecule has 0 radical (unpaired) electrons. The number of nitrogens with one attached hydrogen (secondary N) is 1. The van der Waals surface area contributed by atoms with Gasteiger partial charge < -0.3 is 14.8 Å². The lowest BCUT2D eigenvalue weighted by Crippen LogP contribution is -2.52. The molecular weight excluding hydrogens is 530 g/mol. The first-order chi connectivity index (χ1) is 14.5. The zero-order chi connectivity index (χ0) is 23.1. The number of carbonyl (C=O) groups is 3. The molecule has 31 heavy (non-hydrogen) atoms. The quantitative estimate of drug-likeness (QED) is 0.284. The normalized spacial score (nSPS) is 12.5. The first kappa shape index (κ1) is 25.1. The molecule has 2 aromatic carbocycles. The molecule has 2 aromatic rings. The second kappa shape index (κ2) is 10.9. The predicted octanol–water partition coefficient (Wildman–Crippen LogP) is 4.92. The van der Waals surface area contributed by atoms with E-state index in [-0.39, 0.29) is 13.0 Å². The van der Waals surface area contributed by atoms with E-state index < -0.39 is 32.7 Å². The van der Waals surface area contributed by atoms with E-state index in [1.54, 1.807) is 20.8 Å². The fourth-order valence-corrected chi connectivity index (χ4v) is 3.34. The molecule has 0 bridgehead atoms. The Labute approximate surface area is 198 Å². The third-order valence-electron chi connectivity index (χ3n) is 4.07. The zero-order valence-corrected chi connectivity index (χ0v) is 20.7. The summed E-state index contributed by atoms with van der Waals surface area (Å²) in [6.07, 6.45) is -0.597. The summed E-state index contributed by atoms with van der Waals surface area (Å²) in [7, 11) is 0. The molecule has 0 aliphatic carbocycles. The Hall–Kier alpha value is -2.19. The largest absolute Gasteiger partial charge is 0.458 e. The van der Waals surface area contributed by atoms with E-state index in [1.807, 2.05) is 60.7 Å². The first-order valence-corrected chi connectivity index (χ1v) is 11.2. The van der Waals surface area contributed by atoms with Gasteiger partial charge in [0.15, 0.2) is 5.78 Å². The highest BCUT2D eigenvalue weighted by molar-refractivity contribution is 9.26. The van der Waals surface area contributed by atoms with Crippen LogP contribution in [0.5, 0.6) is 0 Å². The van der Waals surface area contributed by atoms with Crippen LogP contribution in [0.4, 0.5) is 4.79 Å². The lowest BCUT2D eigenvalue weighted by atomic mass is 10.0. The molecule has 0 spiro atoms. The lowest BCUT2D eigenvalue weighted by molar-refractivity contribution is -0.156. The van der Waals surface area contributed by atoms with Crippen LogP contribution in [0.25, 0.3) is 0 Å². The van der Waals surface area contributed by atoms with Crippen LogP contribution in [0.1, 0.15) is 31.9 Å². The first-order valence-electron chi connectivity index (χ1n) is 9.66. The van der Waals surface area contributed by atoms with Gasteiger partial charge in [0.05, 0.1) is 6.04 Å². The summed E-state index contributed by atoms with van der Waals surface area (Å²) >= 11 is 6.29. The molecule has 1 N–H and O–H groups in total. The molecule has 8 heteroatoms. The molecule has 166 valence electrons. The van der Waals surface area contributed by atoms with Crippen LogP contribution in [-0.2, 0) is 32.1 Å². The Bertz CT molecular complexity index is 895. The standard InChI is InChI=1S/C23H25Br2NO5/c1-22(2,3)31-20(28)23(24,25)19(27)18(14-16-10-6-4-7-11-16)26-21(29)30-15-17-12-8-5-9-13-17/h4-13,18H,14-15H2,1-3H3,(H,26,29)/t18-/m0/s1. The van der Waals surface area contributed by atoms with E-state index in [1.165, 1.54) is 0 Å². The fraction of sp³-hybridized carbons (Fsp3) is 0.348. The van der Waals surface area contributed by atoms with Crippen molar-refractivity contribution in [3.63, 3.8) is 0 Å². The molecule has 0 fully saturated rings. The maximum absolute atomic E-state index is 13.2. The average Bonchev–Trinajstić information content (AvgIpc) is 2.71. The van der Waals surface area contributed by atoms with Crippen molar-refractivity contribution < 1.29 is 23.9 Å². The van der Waals surface area contributed by atoms with Crippen LogP contribution in [-0.4, -0.2) is 32.7 Å². The topological polar surface area (TPSA) is 81.7 Å². The second-order valence-corrected chi connectivity index (χ2v) is 11.3. The number of rotatable bonds is 8. The summed E-state index contributed by atoms with van der Waals surface area (Å²) in [5, 5.41) is 2.58. The highest BCUT2D eigenvalue weighted by Gasteiger charge is 2.47. The average molecular weight is 555 g/mol. The van der Waals surface area contributed by atoms with Crippen molar-refractivity contribution in [3.05, 3.63) is 71.8 Å². The minimum atomic E-state index is -1.82. The third-order valence-corrected chi connectivity index (χ3v) is 5.50. The van der Waals surface area contributed by atoms with Gasteiger partial charge in [0.25, 0.3) is 0 Å². The van der Waals surface area contributed by atoms with E-state index in [9.17, 15) is 14.4 Å². The van der Waals surface area contributed by atoms with Gasteiger partial charge in [-0.25, -0.2) is 9.59 Å². The number of alkyl carbamates (subject to hydrolysis) is 1. The van der Waals surface area contributed by atoms with E-state index in [4.69, 9.17) is 9.47 Å². The Morgan fingerprint density at radius 3 is 1.94 bits per heavy atom. The maximum atomic E-state index is 13.2.